The van der Waals surface area contributed by atoms with E-state index in [1.165, 1.54) is 18.1 Å². The lowest BCUT2D eigenvalue weighted by Crippen LogP contribution is -2.59. The molecule has 2 aromatic carbocycles. The van der Waals surface area contributed by atoms with Gasteiger partial charge in [0.25, 0.3) is 5.91 Å². The Balaban J connectivity index is 1.09. The summed E-state index contributed by atoms with van der Waals surface area (Å²) in [7, 11) is 1.22. The predicted molar refractivity (Wildman–Crippen MR) is 143 cm³/mol. The first kappa shape index (κ1) is 29.8. The molecule has 232 valence electrons. The number of likely N-dealkylation sites (tertiary alicyclic amines) is 1. The maximum absolute atomic E-state index is 14.4. The third-order valence-corrected chi connectivity index (χ3v) is 9.36. The highest BCUT2D eigenvalue weighted by atomic mass is 19.4. The Hall–Kier alpha value is -3.25. The van der Waals surface area contributed by atoms with Crippen molar-refractivity contribution in [1.29, 1.82) is 0 Å². The van der Waals surface area contributed by atoms with Crippen molar-refractivity contribution >= 4 is 11.9 Å². The highest BCUT2D eigenvalue weighted by Crippen LogP contribution is 2.49. The number of piperidine rings is 1. The third kappa shape index (κ3) is 5.71. The smallest absolute Gasteiger partial charge is 0.416 e. The second-order valence-corrected chi connectivity index (χ2v) is 11.9. The van der Waals surface area contributed by atoms with Crippen molar-refractivity contribution in [2.45, 2.75) is 68.8 Å². The molecule has 2 atom stereocenters. The Morgan fingerprint density at radius 1 is 1.00 bits per heavy atom. The summed E-state index contributed by atoms with van der Waals surface area (Å²) in [6.07, 6.45) is -0.252. The fraction of sp³-hybridized carbons (Fsp3) is 0.548. The summed E-state index contributed by atoms with van der Waals surface area (Å²) in [6.45, 7) is 1.44. The van der Waals surface area contributed by atoms with Crippen LogP contribution in [0, 0.1) is 17.6 Å². The molecule has 43 heavy (non-hydrogen) atoms. The van der Waals surface area contributed by atoms with Crippen molar-refractivity contribution in [2.75, 3.05) is 33.5 Å². The molecule has 0 radical (unpaired) electrons. The van der Waals surface area contributed by atoms with E-state index in [0.717, 1.165) is 50.4 Å². The summed E-state index contributed by atoms with van der Waals surface area (Å²) in [4.78, 5) is 29.5. The molecule has 3 aliphatic heterocycles. The van der Waals surface area contributed by atoms with Gasteiger partial charge in [0.05, 0.1) is 31.4 Å². The van der Waals surface area contributed by atoms with Crippen LogP contribution in [0.2, 0.25) is 0 Å². The normalized spacial score (nSPS) is 25.2. The van der Waals surface area contributed by atoms with Gasteiger partial charge in [-0.25, -0.2) is 13.6 Å². The van der Waals surface area contributed by atoms with Gasteiger partial charge in [-0.1, -0.05) is 6.07 Å². The number of carbonyl (C=O) groups is 2. The molecule has 1 aliphatic carbocycles. The molecule has 1 saturated carbocycles. The second-order valence-electron chi connectivity index (χ2n) is 11.9. The van der Waals surface area contributed by atoms with Crippen LogP contribution < -0.4 is 4.74 Å². The number of alkyl halides is 3. The van der Waals surface area contributed by atoms with Gasteiger partial charge in [-0.2, -0.15) is 13.2 Å². The second kappa shape index (κ2) is 11.4. The van der Waals surface area contributed by atoms with Crippen molar-refractivity contribution in [3.63, 3.8) is 0 Å². The van der Waals surface area contributed by atoms with Gasteiger partial charge in [0.1, 0.15) is 11.4 Å². The molecule has 12 heteroatoms. The van der Waals surface area contributed by atoms with Crippen molar-refractivity contribution in [1.82, 2.24) is 9.80 Å². The minimum atomic E-state index is -4.72. The Bertz CT molecular complexity index is 1400. The summed E-state index contributed by atoms with van der Waals surface area (Å²) in [6, 6.07) is 5.93. The molecule has 4 aliphatic rings. The Morgan fingerprint density at radius 3 is 2.37 bits per heavy atom. The minimum absolute atomic E-state index is 0.0192. The zero-order chi connectivity index (χ0) is 30.5. The Kier molecular flexibility index (Phi) is 7.87. The average molecular weight is 609 g/mol. The molecule has 2 saturated heterocycles. The Morgan fingerprint density at radius 2 is 1.74 bits per heavy atom. The SMILES string of the molecule is COC(=O)c1cc(C2CCN([C@@H]3CC[C@@](C(=O)N4COc5c(F)cc(C(F)(F)F)cc5C4)(C4CC4)OC3)CC2)ccc1F. The number of hydrogen-bond acceptors (Lipinski definition) is 6. The predicted octanol–water partition coefficient (Wildman–Crippen LogP) is 5.66. The van der Waals surface area contributed by atoms with Crippen LogP contribution in [-0.4, -0.2) is 66.9 Å². The van der Waals surface area contributed by atoms with Gasteiger partial charge in [-0.05, 0) is 93.3 Å². The number of halogens is 5. The van der Waals surface area contributed by atoms with Crippen molar-refractivity contribution < 1.29 is 45.8 Å². The number of fused-ring (bicyclic) bond motifs is 1. The number of carbonyl (C=O) groups excluding carboxylic acids is 2. The maximum atomic E-state index is 14.4. The zero-order valence-corrected chi connectivity index (χ0v) is 23.7. The molecule has 0 aromatic heterocycles. The van der Waals surface area contributed by atoms with Gasteiger partial charge in [0, 0.05) is 11.6 Å². The maximum Gasteiger partial charge on any atom is 0.416 e. The standard InChI is InChI=1S/C31H33F5N2O5/c1-41-28(39)24-13-19(2-5-25(24)32)18-7-10-37(11-8-18)23-6-9-30(43-16-23,21-3-4-21)29(40)38-15-20-12-22(31(34,35)36)14-26(33)27(20)42-17-38/h2,5,12-14,18,21,23H,3-4,6-11,15-17H2,1H3/t23-,30+/m1/s1. The number of methoxy groups -OCH3 is 1. The van der Waals surface area contributed by atoms with Gasteiger partial charge in [0.15, 0.2) is 18.3 Å². The number of nitrogens with zero attached hydrogens (tertiary/aromatic N) is 2. The summed E-state index contributed by atoms with van der Waals surface area (Å²) < 4.78 is 84.9. The van der Waals surface area contributed by atoms with Crippen LogP contribution in [0.3, 0.4) is 0 Å². The van der Waals surface area contributed by atoms with E-state index in [1.807, 2.05) is 0 Å². The summed E-state index contributed by atoms with van der Waals surface area (Å²) in [5.74, 6) is -2.81. The van der Waals surface area contributed by atoms with Gasteiger partial charge in [-0.15, -0.1) is 0 Å². The van der Waals surface area contributed by atoms with Crippen LogP contribution in [0.15, 0.2) is 30.3 Å². The lowest BCUT2D eigenvalue weighted by Gasteiger charge is -2.46. The fourth-order valence-corrected chi connectivity index (χ4v) is 6.83. The zero-order valence-electron chi connectivity index (χ0n) is 23.7. The number of hydrogen-bond donors (Lipinski definition) is 0. The molecule has 1 amide bonds. The number of rotatable bonds is 5. The summed E-state index contributed by atoms with van der Waals surface area (Å²) in [5, 5.41) is 0. The number of ether oxygens (including phenoxy) is 3. The van der Waals surface area contributed by atoms with Crippen molar-refractivity contribution in [3.8, 4) is 5.75 Å². The molecule has 3 heterocycles. The van der Waals surface area contributed by atoms with Gasteiger partial charge in [0.2, 0.25) is 0 Å². The number of esters is 1. The number of amides is 1. The molecule has 6 rings (SSSR count). The van der Waals surface area contributed by atoms with E-state index in [2.05, 4.69) is 4.90 Å². The van der Waals surface area contributed by atoms with E-state index in [4.69, 9.17) is 14.2 Å². The molecule has 0 unspecified atom stereocenters. The lowest BCUT2D eigenvalue weighted by atomic mass is 9.84. The topological polar surface area (TPSA) is 68.3 Å². The van der Waals surface area contributed by atoms with Crippen LogP contribution in [0.4, 0.5) is 22.0 Å². The van der Waals surface area contributed by atoms with Crippen LogP contribution in [-0.2, 0) is 27.0 Å². The Labute approximate surface area is 245 Å². The van der Waals surface area contributed by atoms with E-state index in [1.54, 1.807) is 12.1 Å². The molecule has 0 N–H and O–H groups in total. The highest BCUT2D eigenvalue weighted by Gasteiger charge is 2.56. The molecular weight excluding hydrogens is 575 g/mol. The lowest BCUT2D eigenvalue weighted by molar-refractivity contribution is -0.180. The summed E-state index contributed by atoms with van der Waals surface area (Å²) in [5.41, 5.74) is -1.39. The first-order valence-corrected chi connectivity index (χ1v) is 14.6. The first-order chi connectivity index (χ1) is 20.5. The van der Waals surface area contributed by atoms with E-state index in [9.17, 15) is 31.5 Å². The highest BCUT2D eigenvalue weighted by molar-refractivity contribution is 5.90. The van der Waals surface area contributed by atoms with Crippen LogP contribution in [0.5, 0.6) is 5.75 Å². The molecule has 0 bridgehead atoms. The van der Waals surface area contributed by atoms with E-state index in [-0.39, 0.29) is 53.9 Å². The van der Waals surface area contributed by atoms with E-state index >= 15 is 0 Å². The van der Waals surface area contributed by atoms with Crippen LogP contribution in [0.25, 0.3) is 0 Å². The van der Waals surface area contributed by atoms with Gasteiger partial charge < -0.3 is 19.1 Å². The van der Waals surface area contributed by atoms with Crippen LogP contribution >= 0.6 is 0 Å². The minimum Gasteiger partial charge on any atom is -0.470 e. The molecule has 0 spiro atoms. The molecule has 3 fully saturated rings. The third-order valence-electron chi connectivity index (χ3n) is 9.36. The fourth-order valence-electron chi connectivity index (χ4n) is 6.83. The molecule has 2 aromatic rings. The summed E-state index contributed by atoms with van der Waals surface area (Å²) >= 11 is 0. The van der Waals surface area contributed by atoms with Gasteiger partial charge >= 0.3 is 12.1 Å². The largest absolute Gasteiger partial charge is 0.470 e. The number of benzene rings is 2. The van der Waals surface area contributed by atoms with Gasteiger partial charge in [-0.3, -0.25) is 9.69 Å². The van der Waals surface area contributed by atoms with Crippen LogP contribution in [0.1, 0.15) is 71.5 Å². The van der Waals surface area contributed by atoms with Crippen molar-refractivity contribution in [2.24, 2.45) is 5.92 Å². The van der Waals surface area contributed by atoms with Crippen molar-refractivity contribution in [3.05, 3.63) is 64.2 Å². The first-order valence-electron chi connectivity index (χ1n) is 14.6. The molecule has 7 nitrogen and oxygen atoms in total. The molecular formula is C31H33F5N2O5. The monoisotopic (exact) mass is 608 g/mol. The van der Waals surface area contributed by atoms with E-state index in [0.29, 0.717) is 25.5 Å². The quantitative estimate of drug-likeness (QED) is 0.323. The van der Waals surface area contributed by atoms with E-state index < -0.39 is 34.9 Å². The average Bonchev–Trinajstić information content (AvgIpc) is 3.86.